The molecule has 5 heterocycles. The molecule has 3 aromatic heterocycles. The van der Waals surface area contributed by atoms with Crippen molar-refractivity contribution in [2.24, 2.45) is 4.99 Å². The molecule has 14 heteroatoms. The van der Waals surface area contributed by atoms with Gasteiger partial charge in [0.1, 0.15) is 23.8 Å². The number of aromatic amines is 2. The molecular formula is C27H22N6O8. The van der Waals surface area contributed by atoms with Crippen molar-refractivity contribution in [1.82, 2.24) is 24.5 Å². The van der Waals surface area contributed by atoms with Crippen LogP contribution in [0.25, 0.3) is 33.1 Å². The Hall–Kier alpha value is -4.92. The highest BCUT2D eigenvalue weighted by atomic mass is 16.7. The number of aliphatic hydroxyl groups is 2. The van der Waals surface area contributed by atoms with E-state index < -0.39 is 24.0 Å². The number of ether oxygens (including phenoxy) is 4. The molecule has 5 aromatic rings. The Labute approximate surface area is 229 Å². The second-order valence-corrected chi connectivity index (χ2v) is 9.93. The maximum Gasteiger partial charge on any atom is 0.280 e. The number of nitrogens with zero attached hydrogens (tertiary/aromatic N) is 4. The first kappa shape index (κ1) is 23.9. The van der Waals surface area contributed by atoms with Gasteiger partial charge in [-0.05, 0) is 17.7 Å². The molecule has 0 radical (unpaired) electrons. The highest BCUT2D eigenvalue weighted by Crippen LogP contribution is 2.54. The zero-order valence-electron chi connectivity index (χ0n) is 21.4. The van der Waals surface area contributed by atoms with Gasteiger partial charge in [0.15, 0.2) is 28.5 Å². The number of imidazole rings is 1. The topological polar surface area (TPSA) is 189 Å². The lowest BCUT2D eigenvalue weighted by Gasteiger charge is -2.22. The summed E-state index contributed by atoms with van der Waals surface area (Å²) in [7, 11) is 1.54. The summed E-state index contributed by atoms with van der Waals surface area (Å²) in [6, 6.07) is 7.23. The van der Waals surface area contributed by atoms with E-state index in [2.05, 4.69) is 19.9 Å². The monoisotopic (exact) mass is 558 g/mol. The average Bonchev–Trinajstić information content (AvgIpc) is 3.76. The van der Waals surface area contributed by atoms with Crippen molar-refractivity contribution >= 4 is 33.6 Å². The van der Waals surface area contributed by atoms with Gasteiger partial charge in [-0.15, -0.1) is 0 Å². The molecule has 2 aromatic carbocycles. The number of fused-ring (bicyclic) bond motifs is 5. The summed E-state index contributed by atoms with van der Waals surface area (Å²) in [4.78, 5) is 32.3. The van der Waals surface area contributed by atoms with Gasteiger partial charge in [0.25, 0.3) is 5.56 Å². The lowest BCUT2D eigenvalue weighted by atomic mass is 9.85. The fourth-order valence-electron chi connectivity index (χ4n) is 5.90. The van der Waals surface area contributed by atoms with Gasteiger partial charge in [-0.1, -0.05) is 12.1 Å². The van der Waals surface area contributed by atoms with Gasteiger partial charge in [-0.3, -0.25) is 14.3 Å². The summed E-state index contributed by atoms with van der Waals surface area (Å²) in [6.07, 6.45) is -0.732. The molecule has 0 saturated carbocycles. The molecule has 8 rings (SSSR count). The van der Waals surface area contributed by atoms with Crippen LogP contribution < -0.4 is 19.8 Å². The predicted molar refractivity (Wildman–Crippen MR) is 143 cm³/mol. The van der Waals surface area contributed by atoms with Gasteiger partial charge in [-0.2, -0.15) is 4.98 Å². The van der Waals surface area contributed by atoms with Crippen molar-refractivity contribution in [3.63, 3.8) is 0 Å². The van der Waals surface area contributed by atoms with Gasteiger partial charge in [0.05, 0.1) is 37.4 Å². The summed E-state index contributed by atoms with van der Waals surface area (Å²) in [5.74, 6) is 1.44. The molecule has 208 valence electrons. The summed E-state index contributed by atoms with van der Waals surface area (Å²) < 4.78 is 24.5. The van der Waals surface area contributed by atoms with Gasteiger partial charge >= 0.3 is 0 Å². The number of nitrogens with one attached hydrogen (secondary N) is 2. The van der Waals surface area contributed by atoms with Crippen molar-refractivity contribution in [3.05, 3.63) is 52.2 Å². The minimum Gasteiger partial charge on any atom is -0.496 e. The second-order valence-electron chi connectivity index (χ2n) is 9.93. The van der Waals surface area contributed by atoms with Crippen LogP contribution in [0.15, 0.2) is 40.4 Å². The molecule has 1 saturated heterocycles. The molecule has 0 spiro atoms. The first-order chi connectivity index (χ1) is 20.0. The van der Waals surface area contributed by atoms with Crippen molar-refractivity contribution < 1.29 is 34.3 Å². The zero-order chi connectivity index (χ0) is 28.0. The molecular weight excluding hydrogens is 536 g/mol. The predicted octanol–water partition coefficient (Wildman–Crippen LogP) is 1.83. The van der Waals surface area contributed by atoms with Crippen LogP contribution in [0.3, 0.4) is 0 Å². The lowest BCUT2D eigenvalue weighted by Crippen LogP contribution is -2.24. The van der Waals surface area contributed by atoms with Crippen LogP contribution in [0.1, 0.15) is 23.9 Å². The normalized spacial score (nSPS) is 21.7. The first-order valence-corrected chi connectivity index (χ1v) is 12.8. The molecule has 0 bridgehead atoms. The molecule has 14 nitrogen and oxygen atoms in total. The summed E-state index contributed by atoms with van der Waals surface area (Å²) in [5.41, 5.74) is 2.65. The van der Waals surface area contributed by atoms with E-state index in [9.17, 15) is 20.1 Å². The molecule has 41 heavy (non-hydrogen) atoms. The van der Waals surface area contributed by atoms with Gasteiger partial charge in [-0.25, -0.2) is 9.98 Å². The number of aromatic nitrogens is 5. The van der Waals surface area contributed by atoms with Crippen LogP contribution in [0.4, 0.5) is 5.95 Å². The summed E-state index contributed by atoms with van der Waals surface area (Å²) >= 11 is 0. The van der Waals surface area contributed by atoms with Crippen molar-refractivity contribution in [1.29, 1.82) is 0 Å². The molecule has 1 aliphatic carbocycles. The first-order valence-electron chi connectivity index (χ1n) is 12.8. The van der Waals surface area contributed by atoms with E-state index in [-0.39, 0.29) is 42.8 Å². The number of H-pyrrole nitrogens is 2. The largest absolute Gasteiger partial charge is 0.496 e. The van der Waals surface area contributed by atoms with Crippen LogP contribution in [-0.2, 0) is 4.74 Å². The Bertz CT molecular complexity index is 1990. The van der Waals surface area contributed by atoms with Gasteiger partial charge in [0, 0.05) is 22.8 Å². The van der Waals surface area contributed by atoms with E-state index in [1.165, 1.54) is 10.9 Å². The SMILES string of the molecule is COc1cccc2c1/C(=N\c1nc3c(ncn3[C@H]3C[C@H](O)[C@@H](CO)O3)c(=O)[nH]1)c1[nH]c(O)c3cc4c(c-2c13)OCO4. The zero-order valence-corrected chi connectivity index (χ0v) is 21.4. The summed E-state index contributed by atoms with van der Waals surface area (Å²) in [6.45, 7) is -0.299. The fraction of sp³-hybridized carbons (Fsp3) is 0.259. The summed E-state index contributed by atoms with van der Waals surface area (Å²) in [5, 5.41) is 31.8. The second kappa shape index (κ2) is 8.54. The Morgan fingerprint density at radius 3 is 2.93 bits per heavy atom. The van der Waals surface area contributed by atoms with Gasteiger partial charge < -0.3 is 39.3 Å². The Balaban J connectivity index is 1.37. The van der Waals surface area contributed by atoms with Crippen LogP contribution >= 0.6 is 0 Å². The average molecular weight is 559 g/mol. The third-order valence-electron chi connectivity index (χ3n) is 7.73. The highest BCUT2D eigenvalue weighted by Gasteiger charge is 2.37. The Kier molecular flexibility index (Phi) is 4.98. The van der Waals surface area contributed by atoms with E-state index in [0.717, 1.165) is 11.1 Å². The smallest absolute Gasteiger partial charge is 0.280 e. The van der Waals surface area contributed by atoms with Crippen molar-refractivity contribution in [2.75, 3.05) is 20.5 Å². The number of benzene rings is 2. The number of methoxy groups -OCH3 is 1. The molecule has 3 atom stereocenters. The minimum atomic E-state index is -0.880. The molecule has 5 N–H and O–H groups in total. The molecule has 1 fully saturated rings. The van der Waals surface area contributed by atoms with Crippen LogP contribution in [0.2, 0.25) is 0 Å². The lowest BCUT2D eigenvalue weighted by molar-refractivity contribution is -0.0432. The fourth-order valence-corrected chi connectivity index (χ4v) is 5.90. The number of aliphatic hydroxyl groups excluding tert-OH is 2. The molecule has 3 aliphatic rings. The number of aliphatic imine (C=N–C) groups is 1. The van der Waals surface area contributed by atoms with E-state index in [4.69, 9.17) is 23.9 Å². The molecule has 2 aliphatic heterocycles. The van der Waals surface area contributed by atoms with Crippen molar-refractivity contribution in [3.8, 4) is 34.3 Å². The maximum atomic E-state index is 13.1. The van der Waals surface area contributed by atoms with Crippen LogP contribution in [0, 0.1) is 0 Å². The standard InChI is InChI=1S/C27H22N6O8/c1-38-13-4-2-3-10-17(13)20(21-18-11(25(36)29-21)5-14-23(19(10)18)40-9-39-14)30-27-31-24-22(26(37)32-27)28-8-33(24)16-6-12(35)15(7-34)41-16/h2-5,8,12,15-16,29,34-36H,6-7,9H2,1H3,(H,31,32,37)/b30-20+/t12-,15+,16+/m0/s1. The van der Waals surface area contributed by atoms with Crippen molar-refractivity contribution in [2.45, 2.75) is 24.9 Å². The molecule has 0 amide bonds. The van der Waals surface area contributed by atoms with E-state index >= 15 is 0 Å². The Morgan fingerprint density at radius 2 is 2.12 bits per heavy atom. The quantitative estimate of drug-likeness (QED) is 0.213. The third kappa shape index (κ3) is 3.29. The van der Waals surface area contributed by atoms with E-state index in [1.807, 2.05) is 12.1 Å². The number of rotatable bonds is 4. The van der Waals surface area contributed by atoms with Crippen LogP contribution in [0.5, 0.6) is 23.1 Å². The third-order valence-corrected chi connectivity index (χ3v) is 7.73. The van der Waals surface area contributed by atoms with Crippen LogP contribution in [-0.4, -0.2) is 78.3 Å². The minimum absolute atomic E-state index is 0.0280. The van der Waals surface area contributed by atoms with E-state index in [1.54, 1.807) is 19.2 Å². The number of hydrogen-bond acceptors (Lipinski definition) is 11. The van der Waals surface area contributed by atoms with E-state index in [0.29, 0.717) is 45.0 Å². The number of hydrogen-bond donors (Lipinski definition) is 5. The number of aromatic hydroxyl groups is 1. The Morgan fingerprint density at radius 1 is 1.24 bits per heavy atom. The molecule has 0 unspecified atom stereocenters. The van der Waals surface area contributed by atoms with Gasteiger partial charge in [0.2, 0.25) is 12.7 Å². The maximum absolute atomic E-state index is 13.1. The highest BCUT2D eigenvalue weighted by molar-refractivity contribution is 6.30.